The lowest BCUT2D eigenvalue weighted by atomic mass is 9.91. The molecule has 0 radical (unpaired) electrons. The molecule has 17 heavy (non-hydrogen) atoms. The molecule has 0 aromatic carbocycles. The third-order valence-corrected chi connectivity index (χ3v) is 4.45. The van der Waals surface area contributed by atoms with Crippen LogP contribution in [0.15, 0.2) is 0 Å². The highest BCUT2D eigenvalue weighted by molar-refractivity contribution is 7.99. The molecule has 0 aliphatic heterocycles. The van der Waals surface area contributed by atoms with Crippen LogP contribution >= 0.6 is 11.8 Å². The van der Waals surface area contributed by atoms with Crippen molar-refractivity contribution in [3.8, 4) is 0 Å². The van der Waals surface area contributed by atoms with Crippen molar-refractivity contribution in [3.63, 3.8) is 0 Å². The van der Waals surface area contributed by atoms with Gasteiger partial charge in [-0.1, -0.05) is 34.6 Å². The maximum Gasteiger partial charge on any atom is 0.0613 e. The van der Waals surface area contributed by atoms with Crippen molar-refractivity contribution in [2.24, 2.45) is 5.92 Å². The summed E-state index contributed by atoms with van der Waals surface area (Å²) in [6.45, 7) is 11.2. The summed E-state index contributed by atoms with van der Waals surface area (Å²) in [4.78, 5) is 0. The molecule has 0 saturated carbocycles. The molecule has 0 aliphatic rings. The molecule has 0 fully saturated rings. The van der Waals surface area contributed by atoms with E-state index in [0.29, 0.717) is 6.04 Å². The molecule has 2 nitrogen and oxygen atoms in total. The van der Waals surface area contributed by atoms with Gasteiger partial charge >= 0.3 is 0 Å². The van der Waals surface area contributed by atoms with E-state index in [9.17, 15) is 5.11 Å². The summed E-state index contributed by atoms with van der Waals surface area (Å²) in [7, 11) is 0. The topological polar surface area (TPSA) is 32.3 Å². The van der Waals surface area contributed by atoms with Crippen LogP contribution in [0.3, 0.4) is 0 Å². The molecular formula is C14H31NOS. The number of hydrogen-bond donors (Lipinski definition) is 2. The van der Waals surface area contributed by atoms with Crippen LogP contribution in [0, 0.1) is 5.92 Å². The van der Waals surface area contributed by atoms with E-state index in [2.05, 4.69) is 39.9 Å². The average molecular weight is 261 g/mol. The van der Waals surface area contributed by atoms with Crippen molar-refractivity contribution in [1.29, 1.82) is 0 Å². The quantitative estimate of drug-likeness (QED) is 0.592. The van der Waals surface area contributed by atoms with Gasteiger partial charge in [0.05, 0.1) is 6.61 Å². The fraction of sp³-hybridized carbons (Fsp3) is 1.00. The fourth-order valence-electron chi connectivity index (χ4n) is 2.03. The number of thioether (sulfide) groups is 1. The smallest absolute Gasteiger partial charge is 0.0613 e. The van der Waals surface area contributed by atoms with Crippen LogP contribution in [0.2, 0.25) is 0 Å². The highest BCUT2D eigenvalue weighted by Gasteiger charge is 2.26. The van der Waals surface area contributed by atoms with Crippen LogP contribution in [0.4, 0.5) is 0 Å². The normalized spacial score (nSPS) is 15.5. The SMILES string of the molecule is CCC(CO)(CCCSCC(C)C)NC(C)C. The molecule has 0 amide bonds. The first-order valence-electron chi connectivity index (χ1n) is 6.92. The first kappa shape index (κ1) is 17.3. The zero-order chi connectivity index (χ0) is 13.3. The Hall–Kier alpha value is 0.270. The van der Waals surface area contributed by atoms with Crippen molar-refractivity contribution in [2.45, 2.75) is 65.5 Å². The Kier molecular flexibility index (Phi) is 9.38. The lowest BCUT2D eigenvalue weighted by Gasteiger charge is -2.34. The number of rotatable bonds is 10. The molecule has 0 bridgehead atoms. The first-order valence-corrected chi connectivity index (χ1v) is 8.07. The predicted octanol–water partition coefficient (Wildman–Crippen LogP) is 3.29. The molecule has 0 spiro atoms. The van der Waals surface area contributed by atoms with Crippen LogP contribution < -0.4 is 5.32 Å². The maximum atomic E-state index is 9.60. The van der Waals surface area contributed by atoms with E-state index in [1.54, 1.807) is 0 Å². The lowest BCUT2D eigenvalue weighted by Crippen LogP contribution is -2.51. The van der Waals surface area contributed by atoms with Crippen molar-refractivity contribution < 1.29 is 5.11 Å². The second kappa shape index (κ2) is 9.23. The minimum Gasteiger partial charge on any atom is -0.394 e. The van der Waals surface area contributed by atoms with Gasteiger partial charge in [0.2, 0.25) is 0 Å². The van der Waals surface area contributed by atoms with Gasteiger partial charge in [-0.25, -0.2) is 0 Å². The molecule has 0 aliphatic carbocycles. The summed E-state index contributed by atoms with van der Waals surface area (Å²) >= 11 is 2.03. The summed E-state index contributed by atoms with van der Waals surface area (Å²) in [6, 6.07) is 0.436. The predicted molar refractivity (Wildman–Crippen MR) is 79.8 cm³/mol. The van der Waals surface area contributed by atoms with Gasteiger partial charge in [0.15, 0.2) is 0 Å². The van der Waals surface area contributed by atoms with Gasteiger partial charge in [-0.15, -0.1) is 0 Å². The molecule has 0 saturated heterocycles. The molecule has 2 N–H and O–H groups in total. The van der Waals surface area contributed by atoms with Crippen molar-refractivity contribution in [2.75, 3.05) is 18.1 Å². The molecule has 1 atom stereocenters. The zero-order valence-corrected chi connectivity index (χ0v) is 13.1. The van der Waals surface area contributed by atoms with E-state index in [4.69, 9.17) is 0 Å². The van der Waals surface area contributed by atoms with Crippen molar-refractivity contribution in [1.82, 2.24) is 5.32 Å². The van der Waals surface area contributed by atoms with Crippen LogP contribution in [-0.4, -0.2) is 34.8 Å². The summed E-state index contributed by atoms with van der Waals surface area (Å²) in [5, 5.41) is 13.1. The molecule has 0 rings (SSSR count). The number of hydrogen-bond acceptors (Lipinski definition) is 3. The van der Waals surface area contributed by atoms with Gasteiger partial charge in [0.25, 0.3) is 0 Å². The Morgan fingerprint density at radius 2 is 1.88 bits per heavy atom. The van der Waals surface area contributed by atoms with Crippen LogP contribution in [-0.2, 0) is 0 Å². The van der Waals surface area contributed by atoms with E-state index in [-0.39, 0.29) is 12.1 Å². The summed E-state index contributed by atoms with van der Waals surface area (Å²) < 4.78 is 0. The Balaban J connectivity index is 3.92. The number of aliphatic hydroxyl groups excluding tert-OH is 1. The van der Waals surface area contributed by atoms with Crippen LogP contribution in [0.5, 0.6) is 0 Å². The van der Waals surface area contributed by atoms with Crippen molar-refractivity contribution >= 4 is 11.8 Å². The van der Waals surface area contributed by atoms with E-state index < -0.39 is 0 Å². The molecule has 3 heteroatoms. The van der Waals surface area contributed by atoms with Crippen LogP contribution in [0.25, 0.3) is 0 Å². The monoisotopic (exact) mass is 261 g/mol. The third-order valence-electron chi connectivity index (χ3n) is 2.97. The highest BCUT2D eigenvalue weighted by atomic mass is 32.2. The maximum absolute atomic E-state index is 9.60. The Bertz CT molecular complexity index is 179. The minimum atomic E-state index is -0.0629. The van der Waals surface area contributed by atoms with Crippen LogP contribution in [0.1, 0.15) is 53.9 Å². The van der Waals surface area contributed by atoms with Gasteiger partial charge in [-0.2, -0.15) is 11.8 Å². The fourth-order valence-corrected chi connectivity index (χ4v) is 3.02. The lowest BCUT2D eigenvalue weighted by molar-refractivity contribution is 0.137. The van der Waals surface area contributed by atoms with E-state index in [1.165, 1.54) is 17.9 Å². The zero-order valence-electron chi connectivity index (χ0n) is 12.3. The summed E-state index contributed by atoms with van der Waals surface area (Å²) in [5.74, 6) is 3.23. The summed E-state index contributed by atoms with van der Waals surface area (Å²) in [5.41, 5.74) is -0.0629. The van der Waals surface area contributed by atoms with Gasteiger partial charge in [0.1, 0.15) is 0 Å². The standard InChI is InChI=1S/C14H31NOS/c1-6-14(11-16,15-13(4)5)8-7-9-17-10-12(2)3/h12-13,15-16H,6-11H2,1-5H3. The average Bonchev–Trinajstić information content (AvgIpc) is 2.26. The van der Waals surface area contributed by atoms with Crippen molar-refractivity contribution in [3.05, 3.63) is 0 Å². The van der Waals surface area contributed by atoms with Gasteiger partial charge in [-0.3, -0.25) is 0 Å². The second-order valence-electron chi connectivity index (χ2n) is 5.66. The third kappa shape index (κ3) is 8.06. The van der Waals surface area contributed by atoms with E-state index in [0.717, 1.165) is 18.8 Å². The minimum absolute atomic E-state index is 0.0629. The second-order valence-corrected chi connectivity index (χ2v) is 6.81. The van der Waals surface area contributed by atoms with Gasteiger partial charge < -0.3 is 10.4 Å². The molecule has 0 aromatic heterocycles. The van der Waals surface area contributed by atoms with Gasteiger partial charge in [-0.05, 0) is 36.7 Å². The highest BCUT2D eigenvalue weighted by Crippen LogP contribution is 2.20. The Morgan fingerprint density at radius 3 is 2.29 bits per heavy atom. The number of aliphatic hydroxyl groups is 1. The Labute approximate surface area is 112 Å². The Morgan fingerprint density at radius 1 is 1.24 bits per heavy atom. The van der Waals surface area contributed by atoms with E-state index in [1.807, 2.05) is 11.8 Å². The molecule has 0 aromatic rings. The van der Waals surface area contributed by atoms with E-state index >= 15 is 0 Å². The molecule has 1 unspecified atom stereocenters. The van der Waals surface area contributed by atoms with Gasteiger partial charge in [0, 0.05) is 11.6 Å². The summed E-state index contributed by atoms with van der Waals surface area (Å²) in [6.07, 6.45) is 3.26. The molecule has 104 valence electrons. The molecular weight excluding hydrogens is 230 g/mol. The first-order chi connectivity index (χ1) is 7.95. The molecule has 0 heterocycles. The number of nitrogens with one attached hydrogen (secondary N) is 1. The largest absolute Gasteiger partial charge is 0.394 e.